The molecule has 1 aliphatic heterocycles. The summed E-state index contributed by atoms with van der Waals surface area (Å²) in [5, 5.41) is 11.8. The lowest BCUT2D eigenvalue weighted by molar-refractivity contribution is 0.0813. The zero-order chi connectivity index (χ0) is 17.9. The Labute approximate surface area is 146 Å². The third kappa shape index (κ3) is 4.28. The van der Waals surface area contributed by atoms with Gasteiger partial charge < -0.3 is 20.1 Å². The highest BCUT2D eigenvalue weighted by Gasteiger charge is 2.39. The third-order valence-corrected chi connectivity index (χ3v) is 4.24. The molecule has 0 saturated carbocycles. The number of aliphatic hydroxyl groups is 1. The van der Waals surface area contributed by atoms with Crippen LogP contribution in [0.1, 0.15) is 12.0 Å². The van der Waals surface area contributed by atoms with E-state index in [0.29, 0.717) is 11.4 Å². The second-order valence-electron chi connectivity index (χ2n) is 6.35. The predicted octanol–water partition coefficient (Wildman–Crippen LogP) is 3.73. The lowest BCUT2D eigenvalue weighted by Crippen LogP contribution is -2.37. The van der Waals surface area contributed by atoms with Gasteiger partial charge in [-0.2, -0.15) is 0 Å². The Balaban J connectivity index is 1.57. The van der Waals surface area contributed by atoms with Gasteiger partial charge in [-0.15, -0.1) is 0 Å². The van der Waals surface area contributed by atoms with Crippen LogP contribution in [0.3, 0.4) is 0 Å². The molecule has 1 heterocycles. The fourth-order valence-corrected chi connectivity index (χ4v) is 2.69. The summed E-state index contributed by atoms with van der Waals surface area (Å²) in [5.41, 5.74) is 0.0655. The van der Waals surface area contributed by atoms with Crippen LogP contribution in [0.5, 0.6) is 11.5 Å². The van der Waals surface area contributed by atoms with Crippen LogP contribution in [-0.4, -0.2) is 41.4 Å². The number of alkyl halides is 1. The smallest absolute Gasteiger partial charge is 0.321 e. The van der Waals surface area contributed by atoms with Gasteiger partial charge in [0.15, 0.2) is 5.67 Å². The van der Waals surface area contributed by atoms with Gasteiger partial charge in [0.05, 0.1) is 13.2 Å². The van der Waals surface area contributed by atoms with Crippen LogP contribution in [0.15, 0.2) is 48.5 Å². The van der Waals surface area contributed by atoms with Crippen molar-refractivity contribution >= 4 is 11.7 Å². The van der Waals surface area contributed by atoms with Crippen molar-refractivity contribution in [2.75, 3.05) is 25.0 Å². The van der Waals surface area contributed by atoms with Crippen molar-refractivity contribution in [3.8, 4) is 11.5 Å². The molecule has 2 N–H and O–H groups in total. The standard InChI is InChI=1S/C19H21FN2O3/c1-14-2-6-16(7-3-14)25-17-8-4-15(5-9-17)21-18(24)22-11-10-19(20,12-22)13-23/h2-9,23H,10-13H2,1H3,(H,21,24)/t19-/m1/s1. The topological polar surface area (TPSA) is 61.8 Å². The lowest BCUT2D eigenvalue weighted by Gasteiger charge is -2.19. The molecule has 2 aromatic rings. The number of aryl methyl sites for hydroxylation is 1. The molecule has 1 atom stereocenters. The van der Waals surface area contributed by atoms with Gasteiger partial charge in [-0.3, -0.25) is 0 Å². The van der Waals surface area contributed by atoms with Gasteiger partial charge in [-0.05, 0) is 43.3 Å². The van der Waals surface area contributed by atoms with Crippen molar-refractivity contribution in [3.05, 3.63) is 54.1 Å². The van der Waals surface area contributed by atoms with Crippen molar-refractivity contribution < 1.29 is 19.0 Å². The molecule has 5 nitrogen and oxygen atoms in total. The number of nitrogens with zero attached hydrogens (tertiary/aromatic N) is 1. The zero-order valence-corrected chi connectivity index (χ0v) is 14.0. The number of ether oxygens (including phenoxy) is 1. The van der Waals surface area contributed by atoms with E-state index in [9.17, 15) is 9.18 Å². The first-order valence-electron chi connectivity index (χ1n) is 8.18. The number of carbonyl (C=O) groups is 1. The highest BCUT2D eigenvalue weighted by Crippen LogP contribution is 2.26. The predicted molar refractivity (Wildman–Crippen MR) is 93.8 cm³/mol. The number of aliphatic hydroxyl groups excluding tert-OH is 1. The van der Waals surface area contributed by atoms with Gasteiger partial charge in [-0.1, -0.05) is 17.7 Å². The average Bonchev–Trinajstić information content (AvgIpc) is 3.02. The number of nitrogens with one attached hydrogen (secondary N) is 1. The molecular formula is C19H21FN2O3. The molecule has 0 aliphatic carbocycles. The minimum atomic E-state index is -1.69. The van der Waals surface area contributed by atoms with Crippen molar-refractivity contribution in [2.24, 2.45) is 0 Å². The van der Waals surface area contributed by atoms with E-state index in [1.807, 2.05) is 31.2 Å². The lowest BCUT2D eigenvalue weighted by atomic mass is 10.1. The first kappa shape index (κ1) is 17.2. The zero-order valence-electron chi connectivity index (χ0n) is 14.0. The Kier molecular flexibility index (Phi) is 4.90. The Morgan fingerprint density at radius 3 is 2.36 bits per heavy atom. The summed E-state index contributed by atoms with van der Waals surface area (Å²) in [5.74, 6) is 1.40. The van der Waals surface area contributed by atoms with Crippen LogP contribution in [-0.2, 0) is 0 Å². The van der Waals surface area contributed by atoms with E-state index >= 15 is 0 Å². The molecule has 1 fully saturated rings. The number of rotatable bonds is 4. The third-order valence-electron chi connectivity index (χ3n) is 4.24. The van der Waals surface area contributed by atoms with Gasteiger partial charge in [0, 0.05) is 18.7 Å². The number of anilines is 1. The van der Waals surface area contributed by atoms with Crippen LogP contribution in [0.2, 0.25) is 0 Å². The molecule has 6 heteroatoms. The summed E-state index contributed by atoms with van der Waals surface area (Å²) in [6.07, 6.45) is 0.153. The second kappa shape index (κ2) is 7.11. The van der Waals surface area contributed by atoms with Crippen LogP contribution >= 0.6 is 0 Å². The monoisotopic (exact) mass is 344 g/mol. The molecule has 132 valence electrons. The van der Waals surface area contributed by atoms with Crippen LogP contribution < -0.4 is 10.1 Å². The molecular weight excluding hydrogens is 323 g/mol. The Morgan fingerprint density at radius 2 is 1.80 bits per heavy atom. The summed E-state index contributed by atoms with van der Waals surface area (Å²) < 4.78 is 19.7. The van der Waals surface area contributed by atoms with E-state index in [0.717, 1.165) is 11.3 Å². The van der Waals surface area contributed by atoms with E-state index in [-0.39, 0.29) is 25.5 Å². The molecule has 0 spiro atoms. The fourth-order valence-electron chi connectivity index (χ4n) is 2.69. The fraction of sp³-hybridized carbons (Fsp3) is 0.316. The van der Waals surface area contributed by atoms with Crippen LogP contribution in [0.4, 0.5) is 14.9 Å². The van der Waals surface area contributed by atoms with Gasteiger partial charge >= 0.3 is 6.03 Å². The van der Waals surface area contributed by atoms with Gasteiger partial charge in [0.2, 0.25) is 0 Å². The van der Waals surface area contributed by atoms with Crippen LogP contribution in [0.25, 0.3) is 0 Å². The first-order valence-corrected chi connectivity index (χ1v) is 8.18. The number of likely N-dealkylation sites (tertiary alicyclic amines) is 1. The van der Waals surface area contributed by atoms with Crippen molar-refractivity contribution in [1.82, 2.24) is 4.90 Å². The molecule has 1 saturated heterocycles. The largest absolute Gasteiger partial charge is 0.457 e. The highest BCUT2D eigenvalue weighted by atomic mass is 19.1. The number of halogens is 1. The number of hydrogen-bond acceptors (Lipinski definition) is 3. The first-order chi connectivity index (χ1) is 12.0. The number of benzene rings is 2. The number of hydrogen-bond donors (Lipinski definition) is 2. The Hall–Kier alpha value is -2.60. The summed E-state index contributed by atoms with van der Waals surface area (Å²) in [7, 11) is 0. The molecule has 3 rings (SSSR count). The van der Waals surface area contributed by atoms with Gasteiger partial charge in [-0.25, -0.2) is 9.18 Å². The highest BCUT2D eigenvalue weighted by molar-refractivity contribution is 5.89. The molecule has 2 amide bonds. The summed E-state index contributed by atoms with van der Waals surface area (Å²) >= 11 is 0. The van der Waals surface area contributed by atoms with E-state index in [4.69, 9.17) is 9.84 Å². The molecule has 0 bridgehead atoms. The molecule has 0 unspecified atom stereocenters. The SMILES string of the molecule is Cc1ccc(Oc2ccc(NC(=O)N3CC[C@](F)(CO)C3)cc2)cc1. The van der Waals surface area contributed by atoms with Gasteiger partial charge in [0.1, 0.15) is 11.5 Å². The average molecular weight is 344 g/mol. The molecule has 0 radical (unpaired) electrons. The van der Waals surface area contributed by atoms with Crippen LogP contribution in [0, 0.1) is 6.92 Å². The molecule has 2 aromatic carbocycles. The quantitative estimate of drug-likeness (QED) is 0.888. The molecule has 25 heavy (non-hydrogen) atoms. The maximum atomic E-state index is 14.0. The van der Waals surface area contributed by atoms with Crippen molar-refractivity contribution in [3.63, 3.8) is 0 Å². The van der Waals surface area contributed by atoms with Crippen molar-refractivity contribution in [2.45, 2.75) is 19.0 Å². The normalized spacial score (nSPS) is 19.7. The van der Waals surface area contributed by atoms with E-state index in [1.165, 1.54) is 4.90 Å². The summed E-state index contributed by atoms with van der Waals surface area (Å²) in [4.78, 5) is 13.5. The number of carbonyl (C=O) groups excluding carboxylic acids is 1. The summed E-state index contributed by atoms with van der Waals surface area (Å²) in [6.45, 7) is 1.64. The Bertz CT molecular complexity index is 733. The minimum absolute atomic E-state index is 0.0933. The van der Waals surface area contributed by atoms with Crippen molar-refractivity contribution in [1.29, 1.82) is 0 Å². The summed E-state index contributed by atoms with van der Waals surface area (Å²) in [6, 6.07) is 14.3. The molecule has 1 aliphatic rings. The number of urea groups is 1. The minimum Gasteiger partial charge on any atom is -0.457 e. The van der Waals surface area contributed by atoms with Gasteiger partial charge in [0.25, 0.3) is 0 Å². The van der Waals surface area contributed by atoms with E-state index in [2.05, 4.69) is 5.32 Å². The van der Waals surface area contributed by atoms with E-state index < -0.39 is 12.3 Å². The van der Waals surface area contributed by atoms with E-state index in [1.54, 1.807) is 24.3 Å². The second-order valence-corrected chi connectivity index (χ2v) is 6.35. The Morgan fingerprint density at radius 1 is 1.20 bits per heavy atom. The maximum absolute atomic E-state index is 14.0. The maximum Gasteiger partial charge on any atom is 0.321 e. The number of amides is 2. The molecule has 0 aromatic heterocycles.